The number of fused-ring (bicyclic) bond motifs is 1. The Bertz CT molecular complexity index is 1050. The van der Waals surface area contributed by atoms with E-state index in [1.165, 1.54) is 0 Å². The van der Waals surface area contributed by atoms with Crippen LogP contribution in [0.2, 0.25) is 5.02 Å². The molecule has 0 spiro atoms. The molecule has 1 N–H and O–H groups in total. The minimum atomic E-state index is 0.434. The first-order valence-electron chi connectivity index (χ1n) is 8.84. The van der Waals surface area contributed by atoms with E-state index in [2.05, 4.69) is 16.4 Å². The van der Waals surface area contributed by atoms with Crippen LogP contribution < -0.4 is 14.8 Å². The number of aromatic nitrogens is 1. The number of benzene rings is 2. The van der Waals surface area contributed by atoms with Gasteiger partial charge in [-0.05, 0) is 44.4 Å². The lowest BCUT2D eigenvalue weighted by Crippen LogP contribution is -2.01. The molecular formula is C21H20ClN3O2S. The Labute approximate surface area is 173 Å². The number of ether oxygens (including phenoxy) is 2. The molecule has 0 radical (unpaired) electrons. The second-order valence-electron chi connectivity index (χ2n) is 5.82. The Hall–Kier alpha value is -2.62. The third-order valence-electron chi connectivity index (χ3n) is 4.07. The first-order chi connectivity index (χ1) is 13.6. The van der Waals surface area contributed by atoms with Crippen molar-refractivity contribution in [1.29, 1.82) is 5.26 Å². The lowest BCUT2D eigenvalue weighted by atomic mass is 10.1. The standard InChI is InChI=1S/C21H20ClN3O2S/c1-4-26-18-9-15-17(10-19(18)27-5-2)24-12-13(11-23)21(15)25-14-6-7-20(28-3)16(22)8-14/h6-10,12H,4-5H2,1-3H3,(H,24,25). The molecular weight excluding hydrogens is 394 g/mol. The van der Waals surface area contributed by atoms with Gasteiger partial charge in [-0.1, -0.05) is 11.6 Å². The van der Waals surface area contributed by atoms with Gasteiger partial charge in [0.05, 0.1) is 35.0 Å². The molecule has 2 aromatic carbocycles. The summed E-state index contributed by atoms with van der Waals surface area (Å²) in [4.78, 5) is 5.41. The molecule has 0 aliphatic rings. The number of thioether (sulfide) groups is 1. The van der Waals surface area contributed by atoms with Crippen LogP contribution in [-0.4, -0.2) is 24.5 Å². The third kappa shape index (κ3) is 4.11. The van der Waals surface area contributed by atoms with E-state index < -0.39 is 0 Å². The molecule has 0 aliphatic heterocycles. The van der Waals surface area contributed by atoms with Gasteiger partial charge in [-0.15, -0.1) is 11.8 Å². The van der Waals surface area contributed by atoms with Gasteiger partial charge >= 0.3 is 0 Å². The number of hydrogen-bond acceptors (Lipinski definition) is 6. The molecule has 144 valence electrons. The molecule has 0 aliphatic carbocycles. The normalized spacial score (nSPS) is 10.5. The lowest BCUT2D eigenvalue weighted by Gasteiger charge is -2.16. The summed E-state index contributed by atoms with van der Waals surface area (Å²) in [5.41, 5.74) is 2.59. The summed E-state index contributed by atoms with van der Waals surface area (Å²) in [6.07, 6.45) is 3.53. The Kier molecular flexibility index (Phi) is 6.50. The molecule has 0 amide bonds. The molecule has 28 heavy (non-hydrogen) atoms. The molecule has 5 nitrogen and oxygen atoms in total. The van der Waals surface area contributed by atoms with Gasteiger partial charge in [-0.2, -0.15) is 5.26 Å². The van der Waals surface area contributed by atoms with Crippen molar-refractivity contribution < 1.29 is 9.47 Å². The van der Waals surface area contributed by atoms with Crippen LogP contribution in [0.5, 0.6) is 11.5 Å². The summed E-state index contributed by atoms with van der Waals surface area (Å²) in [7, 11) is 0. The van der Waals surface area contributed by atoms with Crippen LogP contribution in [0.15, 0.2) is 41.4 Å². The van der Waals surface area contributed by atoms with E-state index in [0.717, 1.165) is 16.0 Å². The summed E-state index contributed by atoms with van der Waals surface area (Å²) in [5, 5.41) is 14.3. The fourth-order valence-corrected chi connectivity index (χ4v) is 3.71. The molecule has 0 fully saturated rings. The van der Waals surface area contributed by atoms with Crippen LogP contribution in [0, 0.1) is 11.3 Å². The first kappa shape index (κ1) is 20.1. The largest absolute Gasteiger partial charge is 0.490 e. The van der Waals surface area contributed by atoms with Crippen molar-refractivity contribution in [2.24, 2.45) is 0 Å². The lowest BCUT2D eigenvalue weighted by molar-refractivity contribution is 0.288. The Morgan fingerprint density at radius 3 is 2.46 bits per heavy atom. The minimum absolute atomic E-state index is 0.434. The number of rotatable bonds is 7. The molecule has 0 atom stereocenters. The molecule has 3 rings (SSSR count). The maximum atomic E-state index is 9.59. The average Bonchev–Trinajstić information content (AvgIpc) is 2.69. The number of anilines is 2. The van der Waals surface area contributed by atoms with E-state index in [9.17, 15) is 5.26 Å². The number of halogens is 1. The van der Waals surface area contributed by atoms with Crippen molar-refractivity contribution in [3.8, 4) is 17.6 Å². The smallest absolute Gasteiger partial charge is 0.163 e. The number of nitrogens with one attached hydrogen (secondary N) is 1. The topological polar surface area (TPSA) is 67.2 Å². The maximum absolute atomic E-state index is 9.59. The third-order valence-corrected chi connectivity index (χ3v) is 5.30. The van der Waals surface area contributed by atoms with Crippen LogP contribution in [0.25, 0.3) is 10.9 Å². The molecule has 0 bridgehead atoms. The van der Waals surface area contributed by atoms with E-state index >= 15 is 0 Å². The molecule has 0 unspecified atom stereocenters. The second-order valence-corrected chi connectivity index (χ2v) is 7.07. The van der Waals surface area contributed by atoms with E-state index in [1.54, 1.807) is 18.0 Å². The molecule has 0 saturated heterocycles. The highest BCUT2D eigenvalue weighted by Crippen LogP contribution is 2.38. The van der Waals surface area contributed by atoms with Gasteiger partial charge in [-0.3, -0.25) is 4.98 Å². The van der Waals surface area contributed by atoms with Gasteiger partial charge in [0.25, 0.3) is 0 Å². The van der Waals surface area contributed by atoms with Crippen molar-refractivity contribution >= 4 is 45.6 Å². The number of pyridine rings is 1. The van der Waals surface area contributed by atoms with Crippen molar-refractivity contribution in [2.75, 3.05) is 24.8 Å². The van der Waals surface area contributed by atoms with Crippen LogP contribution in [-0.2, 0) is 0 Å². The SMILES string of the molecule is CCOc1cc2ncc(C#N)c(Nc3ccc(SC)c(Cl)c3)c2cc1OCC. The van der Waals surface area contributed by atoms with Crippen molar-refractivity contribution in [3.05, 3.63) is 47.1 Å². The zero-order valence-corrected chi connectivity index (χ0v) is 17.4. The molecule has 1 aromatic heterocycles. The van der Waals surface area contributed by atoms with E-state index in [0.29, 0.717) is 46.5 Å². The summed E-state index contributed by atoms with van der Waals surface area (Å²) in [6.45, 7) is 4.86. The highest BCUT2D eigenvalue weighted by molar-refractivity contribution is 7.98. The fraction of sp³-hybridized carbons (Fsp3) is 0.238. The fourth-order valence-electron chi connectivity index (χ4n) is 2.84. The minimum Gasteiger partial charge on any atom is -0.490 e. The quantitative estimate of drug-likeness (QED) is 0.477. The maximum Gasteiger partial charge on any atom is 0.163 e. The van der Waals surface area contributed by atoms with Crippen LogP contribution in [0.3, 0.4) is 0 Å². The number of nitrogens with zero attached hydrogens (tertiary/aromatic N) is 2. The predicted octanol–water partition coefficient (Wildman–Crippen LogP) is 6.02. The van der Waals surface area contributed by atoms with E-state index in [-0.39, 0.29) is 0 Å². The Balaban J connectivity index is 2.15. The number of nitriles is 1. The van der Waals surface area contributed by atoms with Crippen molar-refractivity contribution in [2.45, 2.75) is 18.7 Å². The van der Waals surface area contributed by atoms with E-state index in [4.69, 9.17) is 21.1 Å². The van der Waals surface area contributed by atoms with Gasteiger partial charge < -0.3 is 14.8 Å². The van der Waals surface area contributed by atoms with Gasteiger partial charge in [-0.25, -0.2) is 0 Å². The van der Waals surface area contributed by atoms with Gasteiger partial charge in [0, 0.05) is 28.2 Å². The second kappa shape index (κ2) is 9.05. The Morgan fingerprint density at radius 1 is 1.14 bits per heavy atom. The highest BCUT2D eigenvalue weighted by atomic mass is 35.5. The molecule has 3 aromatic rings. The first-order valence-corrected chi connectivity index (χ1v) is 10.4. The predicted molar refractivity (Wildman–Crippen MR) is 115 cm³/mol. The summed E-state index contributed by atoms with van der Waals surface area (Å²) in [6, 6.07) is 11.6. The van der Waals surface area contributed by atoms with E-state index in [1.807, 2.05) is 50.4 Å². The van der Waals surface area contributed by atoms with Crippen molar-refractivity contribution in [1.82, 2.24) is 4.98 Å². The zero-order chi connectivity index (χ0) is 20.1. The monoisotopic (exact) mass is 413 g/mol. The summed E-state index contributed by atoms with van der Waals surface area (Å²) in [5.74, 6) is 1.25. The van der Waals surface area contributed by atoms with Crippen molar-refractivity contribution in [3.63, 3.8) is 0 Å². The highest BCUT2D eigenvalue weighted by Gasteiger charge is 2.15. The molecule has 7 heteroatoms. The van der Waals surface area contributed by atoms with Gasteiger partial charge in [0.15, 0.2) is 11.5 Å². The van der Waals surface area contributed by atoms with Gasteiger partial charge in [0.1, 0.15) is 6.07 Å². The molecule has 0 saturated carbocycles. The van der Waals surface area contributed by atoms with Crippen LogP contribution >= 0.6 is 23.4 Å². The number of hydrogen-bond donors (Lipinski definition) is 1. The van der Waals surface area contributed by atoms with Crippen LogP contribution in [0.1, 0.15) is 19.4 Å². The van der Waals surface area contributed by atoms with Crippen LogP contribution in [0.4, 0.5) is 11.4 Å². The summed E-state index contributed by atoms with van der Waals surface area (Å²) < 4.78 is 11.4. The zero-order valence-electron chi connectivity index (χ0n) is 15.9. The summed E-state index contributed by atoms with van der Waals surface area (Å²) >= 11 is 7.92. The van der Waals surface area contributed by atoms with Gasteiger partial charge in [0.2, 0.25) is 0 Å². The molecule has 1 heterocycles. The Morgan fingerprint density at radius 2 is 1.86 bits per heavy atom. The average molecular weight is 414 g/mol.